The summed E-state index contributed by atoms with van der Waals surface area (Å²) >= 11 is 0. The summed E-state index contributed by atoms with van der Waals surface area (Å²) in [5.74, 6) is 0.708. The molecule has 1 saturated heterocycles. The second-order valence-corrected chi connectivity index (χ2v) is 7.17. The highest BCUT2D eigenvalue weighted by atomic mass is 16.5. The van der Waals surface area contributed by atoms with Crippen molar-refractivity contribution in [1.29, 1.82) is 0 Å². The lowest BCUT2D eigenvalue weighted by molar-refractivity contribution is -0.128. The zero-order chi connectivity index (χ0) is 14.4. The largest absolute Gasteiger partial charge is 0.368 e. The van der Waals surface area contributed by atoms with Crippen LogP contribution in [0.25, 0.3) is 0 Å². The monoisotopic (exact) mass is 282 g/mol. The minimum absolute atomic E-state index is 0.0494. The van der Waals surface area contributed by atoms with Crippen LogP contribution in [0.4, 0.5) is 0 Å². The zero-order valence-electron chi connectivity index (χ0n) is 13.0. The fourth-order valence-electron chi connectivity index (χ4n) is 3.13. The molecule has 116 valence electrons. The number of carbonyl (C=O) groups is 1. The number of piperidine rings is 1. The first-order valence-electron chi connectivity index (χ1n) is 8.14. The van der Waals surface area contributed by atoms with Gasteiger partial charge in [0.05, 0.1) is 6.10 Å². The molecule has 1 saturated carbocycles. The summed E-state index contributed by atoms with van der Waals surface area (Å²) in [4.78, 5) is 11.8. The fraction of sp³-hybridized carbons (Fsp3) is 0.938. The van der Waals surface area contributed by atoms with Gasteiger partial charge in [-0.2, -0.15) is 0 Å². The minimum atomic E-state index is 0.0494. The van der Waals surface area contributed by atoms with Gasteiger partial charge in [0, 0.05) is 6.54 Å². The molecule has 1 aliphatic heterocycles. The molecule has 0 atom stereocenters. The smallest absolute Gasteiger partial charge is 0.246 e. The Morgan fingerprint density at radius 2 is 1.85 bits per heavy atom. The van der Waals surface area contributed by atoms with Gasteiger partial charge < -0.3 is 15.4 Å². The van der Waals surface area contributed by atoms with E-state index in [-0.39, 0.29) is 18.6 Å². The van der Waals surface area contributed by atoms with Crippen molar-refractivity contribution in [2.45, 2.75) is 58.5 Å². The molecular weight excluding hydrogens is 252 g/mol. The predicted octanol–water partition coefficient (Wildman–Crippen LogP) is 2.09. The molecule has 0 unspecified atom stereocenters. The van der Waals surface area contributed by atoms with Gasteiger partial charge in [-0.05, 0) is 62.9 Å². The summed E-state index contributed by atoms with van der Waals surface area (Å²) in [5, 5.41) is 6.34. The molecule has 2 N–H and O–H groups in total. The summed E-state index contributed by atoms with van der Waals surface area (Å²) in [7, 11) is 0. The average Bonchev–Trinajstić information content (AvgIpc) is 2.45. The third kappa shape index (κ3) is 5.41. The molecule has 0 spiro atoms. The molecule has 2 aliphatic rings. The van der Waals surface area contributed by atoms with Gasteiger partial charge in [0.15, 0.2) is 0 Å². The highest BCUT2D eigenvalue weighted by Gasteiger charge is 2.26. The molecule has 4 heteroatoms. The van der Waals surface area contributed by atoms with Crippen molar-refractivity contribution < 1.29 is 9.53 Å². The first kappa shape index (κ1) is 15.8. The van der Waals surface area contributed by atoms with Gasteiger partial charge in [-0.15, -0.1) is 0 Å². The minimum Gasteiger partial charge on any atom is -0.368 e. The first-order valence-corrected chi connectivity index (χ1v) is 8.14. The molecule has 0 aromatic rings. The van der Waals surface area contributed by atoms with Crippen LogP contribution in [0.3, 0.4) is 0 Å². The summed E-state index contributed by atoms with van der Waals surface area (Å²) in [6, 6.07) is 0. The Morgan fingerprint density at radius 1 is 1.20 bits per heavy atom. The third-order valence-corrected chi connectivity index (χ3v) is 4.78. The van der Waals surface area contributed by atoms with Crippen LogP contribution in [0.2, 0.25) is 0 Å². The van der Waals surface area contributed by atoms with Gasteiger partial charge in [-0.1, -0.05) is 13.8 Å². The SMILES string of the molecule is CC1(C)CCC(CNC(=O)COC2CCNCC2)CC1. The van der Waals surface area contributed by atoms with Crippen LogP contribution < -0.4 is 10.6 Å². The van der Waals surface area contributed by atoms with E-state index in [0.717, 1.165) is 32.5 Å². The normalized spacial score (nSPS) is 24.5. The quantitative estimate of drug-likeness (QED) is 0.812. The Labute approximate surface area is 123 Å². The van der Waals surface area contributed by atoms with Gasteiger partial charge in [-0.3, -0.25) is 4.79 Å². The third-order valence-electron chi connectivity index (χ3n) is 4.78. The van der Waals surface area contributed by atoms with Crippen molar-refractivity contribution in [3.05, 3.63) is 0 Å². The van der Waals surface area contributed by atoms with Crippen molar-refractivity contribution in [1.82, 2.24) is 10.6 Å². The number of carbonyl (C=O) groups excluding carboxylic acids is 1. The number of hydrogen-bond acceptors (Lipinski definition) is 3. The molecule has 4 nitrogen and oxygen atoms in total. The van der Waals surface area contributed by atoms with Crippen molar-refractivity contribution in [2.75, 3.05) is 26.2 Å². The second kappa shape index (κ2) is 7.41. The van der Waals surface area contributed by atoms with Crippen molar-refractivity contribution >= 4 is 5.91 Å². The van der Waals surface area contributed by atoms with Gasteiger partial charge in [0.2, 0.25) is 5.91 Å². The van der Waals surface area contributed by atoms with Crippen molar-refractivity contribution in [2.24, 2.45) is 11.3 Å². The van der Waals surface area contributed by atoms with E-state index in [9.17, 15) is 4.79 Å². The molecule has 0 bridgehead atoms. The lowest BCUT2D eigenvalue weighted by Gasteiger charge is -2.34. The van der Waals surface area contributed by atoms with Gasteiger partial charge in [-0.25, -0.2) is 0 Å². The molecule has 2 fully saturated rings. The Kier molecular flexibility index (Phi) is 5.85. The molecule has 1 heterocycles. The van der Waals surface area contributed by atoms with E-state index >= 15 is 0 Å². The highest BCUT2D eigenvalue weighted by Crippen LogP contribution is 2.37. The average molecular weight is 282 g/mol. The van der Waals surface area contributed by atoms with E-state index in [4.69, 9.17) is 4.74 Å². The van der Waals surface area contributed by atoms with Crippen LogP contribution in [-0.2, 0) is 9.53 Å². The van der Waals surface area contributed by atoms with Crippen LogP contribution in [0.15, 0.2) is 0 Å². The Bertz CT molecular complexity index is 302. The number of hydrogen-bond donors (Lipinski definition) is 2. The van der Waals surface area contributed by atoms with Crippen molar-refractivity contribution in [3.63, 3.8) is 0 Å². The summed E-state index contributed by atoms with van der Waals surface area (Å²) in [6.45, 7) is 7.74. The Hall–Kier alpha value is -0.610. The number of amides is 1. The molecule has 1 amide bonds. The van der Waals surface area contributed by atoms with Crippen LogP contribution in [-0.4, -0.2) is 38.3 Å². The number of ether oxygens (including phenoxy) is 1. The molecule has 1 aliphatic carbocycles. The summed E-state index contributed by atoms with van der Waals surface area (Å²) in [5.41, 5.74) is 0.499. The van der Waals surface area contributed by atoms with Gasteiger partial charge >= 0.3 is 0 Å². The predicted molar refractivity (Wildman–Crippen MR) is 80.6 cm³/mol. The van der Waals surface area contributed by atoms with E-state index in [0.29, 0.717) is 11.3 Å². The lowest BCUT2D eigenvalue weighted by atomic mass is 9.73. The van der Waals surface area contributed by atoms with Crippen LogP contribution >= 0.6 is 0 Å². The fourth-order valence-corrected chi connectivity index (χ4v) is 3.13. The summed E-state index contributed by atoms with van der Waals surface area (Å²) < 4.78 is 5.67. The molecule has 0 radical (unpaired) electrons. The van der Waals surface area contributed by atoms with E-state index in [1.807, 2.05) is 0 Å². The van der Waals surface area contributed by atoms with E-state index in [1.165, 1.54) is 25.7 Å². The second-order valence-electron chi connectivity index (χ2n) is 7.17. The lowest BCUT2D eigenvalue weighted by Crippen LogP contribution is -2.37. The molecule has 20 heavy (non-hydrogen) atoms. The first-order chi connectivity index (χ1) is 9.55. The number of rotatable bonds is 5. The molecule has 2 rings (SSSR count). The number of nitrogens with one attached hydrogen (secondary N) is 2. The van der Waals surface area contributed by atoms with E-state index in [2.05, 4.69) is 24.5 Å². The summed E-state index contributed by atoms with van der Waals surface area (Å²) in [6.07, 6.45) is 7.33. The van der Waals surface area contributed by atoms with Crippen LogP contribution in [0, 0.1) is 11.3 Å². The van der Waals surface area contributed by atoms with Crippen LogP contribution in [0.1, 0.15) is 52.4 Å². The Morgan fingerprint density at radius 3 is 2.50 bits per heavy atom. The topological polar surface area (TPSA) is 50.4 Å². The zero-order valence-corrected chi connectivity index (χ0v) is 13.0. The maximum absolute atomic E-state index is 11.8. The molecular formula is C16H30N2O2. The van der Waals surface area contributed by atoms with Gasteiger partial charge in [0.1, 0.15) is 6.61 Å². The Balaban J connectivity index is 1.56. The van der Waals surface area contributed by atoms with Crippen LogP contribution in [0.5, 0.6) is 0 Å². The maximum Gasteiger partial charge on any atom is 0.246 e. The van der Waals surface area contributed by atoms with E-state index in [1.54, 1.807) is 0 Å². The standard InChI is InChI=1S/C16H30N2O2/c1-16(2)7-3-13(4-8-16)11-18-15(19)12-20-14-5-9-17-10-6-14/h13-14,17H,3-12H2,1-2H3,(H,18,19). The maximum atomic E-state index is 11.8. The molecule has 0 aromatic heterocycles. The van der Waals surface area contributed by atoms with E-state index < -0.39 is 0 Å². The van der Waals surface area contributed by atoms with Crippen molar-refractivity contribution in [3.8, 4) is 0 Å². The molecule has 0 aromatic carbocycles. The highest BCUT2D eigenvalue weighted by molar-refractivity contribution is 5.77. The van der Waals surface area contributed by atoms with Gasteiger partial charge in [0.25, 0.3) is 0 Å².